The van der Waals surface area contributed by atoms with Crippen LogP contribution < -0.4 is 14.8 Å². The molecular formula is C12H22ClN3O4S2. The maximum atomic E-state index is 11.9. The van der Waals surface area contributed by atoms with Crippen LogP contribution in [0.15, 0.2) is 35.2 Å². The van der Waals surface area contributed by atoms with Crippen molar-refractivity contribution >= 4 is 32.5 Å². The normalized spacial score (nSPS) is 13.4. The van der Waals surface area contributed by atoms with E-state index in [0.717, 1.165) is 0 Å². The molecule has 0 aromatic heterocycles. The minimum atomic E-state index is -3.67. The first-order valence-corrected chi connectivity index (χ1v) is 9.60. The Labute approximate surface area is 138 Å². The Kier molecular flexibility index (Phi) is 9.13. The van der Waals surface area contributed by atoms with Crippen LogP contribution in [-0.2, 0) is 20.0 Å². The summed E-state index contributed by atoms with van der Waals surface area (Å²) in [5.74, 6) is -0.310. The third-order valence-corrected chi connectivity index (χ3v) is 5.64. The van der Waals surface area contributed by atoms with E-state index in [1.54, 1.807) is 25.2 Å². The van der Waals surface area contributed by atoms with Gasteiger partial charge in [0.15, 0.2) is 0 Å². The van der Waals surface area contributed by atoms with Gasteiger partial charge in [0.05, 0.1) is 10.6 Å². The molecule has 10 heteroatoms. The molecule has 0 saturated heterocycles. The van der Waals surface area contributed by atoms with Crippen LogP contribution in [0.5, 0.6) is 0 Å². The summed E-state index contributed by atoms with van der Waals surface area (Å²) < 4.78 is 51.9. The Morgan fingerprint density at radius 3 is 2.18 bits per heavy atom. The highest BCUT2D eigenvalue weighted by Gasteiger charge is 2.16. The number of benzene rings is 1. The van der Waals surface area contributed by atoms with E-state index in [1.165, 1.54) is 12.1 Å². The molecule has 1 atom stereocenters. The lowest BCUT2D eigenvalue weighted by Crippen LogP contribution is -2.40. The van der Waals surface area contributed by atoms with Gasteiger partial charge in [-0.2, -0.15) is 0 Å². The number of likely N-dealkylation sites (N-methyl/N-ethyl adjacent to an activating group) is 1. The van der Waals surface area contributed by atoms with Gasteiger partial charge in [-0.15, -0.1) is 12.4 Å². The molecule has 0 saturated carbocycles. The monoisotopic (exact) mass is 371 g/mol. The van der Waals surface area contributed by atoms with Crippen LogP contribution in [0.25, 0.3) is 0 Å². The fourth-order valence-electron chi connectivity index (χ4n) is 1.42. The van der Waals surface area contributed by atoms with Crippen molar-refractivity contribution in [1.29, 1.82) is 0 Å². The molecule has 0 aliphatic heterocycles. The third-order valence-electron chi connectivity index (χ3n) is 2.82. The SMILES string of the molecule is CNC(C)CNS(=O)(=O)CCNS(=O)(=O)c1ccccc1.Cl. The van der Waals surface area contributed by atoms with E-state index in [4.69, 9.17) is 0 Å². The summed E-state index contributed by atoms with van der Waals surface area (Å²) in [6.45, 7) is 1.91. The molecule has 128 valence electrons. The largest absolute Gasteiger partial charge is 0.316 e. The standard InChI is InChI=1S/C12H21N3O4S2.ClH/c1-11(13-2)10-15-20(16,17)9-8-14-21(18,19)12-6-4-3-5-7-12;/h3-7,11,13-15H,8-10H2,1-2H3;1H. The van der Waals surface area contributed by atoms with Crippen LogP contribution in [0.4, 0.5) is 0 Å². The molecule has 0 amide bonds. The molecule has 1 unspecified atom stereocenters. The number of hydrogen-bond acceptors (Lipinski definition) is 5. The van der Waals surface area contributed by atoms with Gasteiger partial charge in [0.25, 0.3) is 0 Å². The van der Waals surface area contributed by atoms with Crippen LogP contribution >= 0.6 is 12.4 Å². The molecule has 0 heterocycles. The highest BCUT2D eigenvalue weighted by molar-refractivity contribution is 7.90. The van der Waals surface area contributed by atoms with Crippen molar-refractivity contribution in [3.63, 3.8) is 0 Å². The number of rotatable bonds is 9. The maximum Gasteiger partial charge on any atom is 0.240 e. The summed E-state index contributed by atoms with van der Waals surface area (Å²) in [5, 5.41) is 2.90. The molecule has 1 aromatic rings. The molecule has 1 rings (SSSR count). The molecule has 0 aliphatic carbocycles. The summed E-state index contributed by atoms with van der Waals surface area (Å²) in [7, 11) is -5.45. The second-order valence-corrected chi connectivity index (χ2v) is 8.26. The maximum absolute atomic E-state index is 11.9. The highest BCUT2D eigenvalue weighted by atomic mass is 35.5. The number of sulfonamides is 2. The molecule has 0 spiro atoms. The first kappa shape index (κ1) is 21.3. The third kappa shape index (κ3) is 7.52. The van der Waals surface area contributed by atoms with Crippen LogP contribution in [-0.4, -0.2) is 48.8 Å². The van der Waals surface area contributed by atoms with Gasteiger partial charge in [0.2, 0.25) is 20.0 Å². The molecule has 0 aliphatic rings. The average molecular weight is 372 g/mol. The van der Waals surface area contributed by atoms with Crippen molar-refractivity contribution in [2.45, 2.75) is 17.9 Å². The Bertz CT molecular complexity index is 636. The Hall–Kier alpha value is -0.710. The summed E-state index contributed by atoms with van der Waals surface area (Å²) >= 11 is 0. The second kappa shape index (κ2) is 9.43. The highest BCUT2D eigenvalue weighted by Crippen LogP contribution is 2.06. The number of halogens is 1. The molecule has 3 N–H and O–H groups in total. The van der Waals surface area contributed by atoms with E-state index in [0.29, 0.717) is 0 Å². The summed E-state index contributed by atoms with van der Waals surface area (Å²) in [4.78, 5) is 0.110. The predicted molar refractivity (Wildman–Crippen MR) is 89.2 cm³/mol. The lowest BCUT2D eigenvalue weighted by molar-refractivity contribution is 0.552. The molecule has 0 bridgehead atoms. The smallest absolute Gasteiger partial charge is 0.240 e. The van der Waals surface area contributed by atoms with E-state index >= 15 is 0 Å². The van der Waals surface area contributed by atoms with Gasteiger partial charge in [0.1, 0.15) is 0 Å². The van der Waals surface area contributed by atoms with Crippen molar-refractivity contribution in [3.05, 3.63) is 30.3 Å². The molecule has 22 heavy (non-hydrogen) atoms. The lowest BCUT2D eigenvalue weighted by atomic mass is 10.4. The van der Waals surface area contributed by atoms with E-state index in [1.807, 2.05) is 6.92 Å². The zero-order chi connectivity index (χ0) is 15.9. The molecule has 1 aromatic carbocycles. The van der Waals surface area contributed by atoms with Gasteiger partial charge < -0.3 is 5.32 Å². The predicted octanol–water partition coefficient (Wildman–Crippen LogP) is -0.0860. The van der Waals surface area contributed by atoms with Gasteiger partial charge in [-0.1, -0.05) is 18.2 Å². The Morgan fingerprint density at radius 1 is 1.05 bits per heavy atom. The van der Waals surface area contributed by atoms with Crippen molar-refractivity contribution < 1.29 is 16.8 Å². The van der Waals surface area contributed by atoms with E-state index in [2.05, 4.69) is 14.8 Å². The molecule has 0 radical (unpaired) electrons. The van der Waals surface area contributed by atoms with Crippen molar-refractivity contribution in [3.8, 4) is 0 Å². The van der Waals surface area contributed by atoms with E-state index < -0.39 is 20.0 Å². The number of hydrogen-bond donors (Lipinski definition) is 3. The quantitative estimate of drug-likeness (QED) is 0.563. The molecular weight excluding hydrogens is 350 g/mol. The van der Waals surface area contributed by atoms with Crippen molar-refractivity contribution in [1.82, 2.24) is 14.8 Å². The molecule has 0 fully saturated rings. The van der Waals surface area contributed by atoms with Gasteiger partial charge >= 0.3 is 0 Å². The van der Waals surface area contributed by atoms with Crippen LogP contribution in [0.2, 0.25) is 0 Å². The van der Waals surface area contributed by atoms with Gasteiger partial charge in [-0.3, -0.25) is 0 Å². The summed E-state index contributed by atoms with van der Waals surface area (Å²) in [6.07, 6.45) is 0. The minimum absolute atomic E-state index is 0. The van der Waals surface area contributed by atoms with Crippen LogP contribution in [0.1, 0.15) is 6.92 Å². The van der Waals surface area contributed by atoms with Crippen LogP contribution in [0, 0.1) is 0 Å². The van der Waals surface area contributed by atoms with Crippen molar-refractivity contribution in [2.24, 2.45) is 0 Å². The van der Waals surface area contributed by atoms with Crippen molar-refractivity contribution in [2.75, 3.05) is 25.9 Å². The Morgan fingerprint density at radius 2 is 1.64 bits per heavy atom. The minimum Gasteiger partial charge on any atom is -0.316 e. The van der Waals surface area contributed by atoms with Gasteiger partial charge in [0, 0.05) is 19.1 Å². The Balaban J connectivity index is 0.00000441. The summed E-state index contributed by atoms with van der Waals surface area (Å²) in [5.41, 5.74) is 0. The average Bonchev–Trinajstić information content (AvgIpc) is 2.45. The topological polar surface area (TPSA) is 104 Å². The number of nitrogens with one attached hydrogen (secondary N) is 3. The fourth-order valence-corrected chi connectivity index (χ4v) is 3.62. The first-order valence-electron chi connectivity index (χ1n) is 6.46. The van der Waals surface area contributed by atoms with Gasteiger partial charge in [-0.05, 0) is 26.1 Å². The first-order chi connectivity index (χ1) is 9.77. The fraction of sp³-hybridized carbons (Fsp3) is 0.500. The zero-order valence-corrected chi connectivity index (χ0v) is 14.9. The summed E-state index contributed by atoms with van der Waals surface area (Å²) in [6, 6.07) is 7.81. The molecule has 7 nitrogen and oxygen atoms in total. The zero-order valence-electron chi connectivity index (χ0n) is 12.4. The second-order valence-electron chi connectivity index (χ2n) is 4.57. The lowest BCUT2D eigenvalue weighted by Gasteiger charge is -2.12. The van der Waals surface area contributed by atoms with E-state index in [9.17, 15) is 16.8 Å². The van der Waals surface area contributed by atoms with E-state index in [-0.39, 0.29) is 42.2 Å². The van der Waals surface area contributed by atoms with Crippen LogP contribution in [0.3, 0.4) is 0 Å². The van der Waals surface area contributed by atoms with Gasteiger partial charge in [-0.25, -0.2) is 26.3 Å².